The lowest BCUT2D eigenvalue weighted by molar-refractivity contribution is -0.127. The summed E-state index contributed by atoms with van der Waals surface area (Å²) >= 11 is 0. The zero-order chi connectivity index (χ0) is 20.4. The summed E-state index contributed by atoms with van der Waals surface area (Å²) in [6, 6.07) is 3.91. The summed E-state index contributed by atoms with van der Waals surface area (Å²) in [5, 5.41) is 37.6. The standard InChI is InChI=1S/C19H22N4O5/c1-10-6-15(23-8-12-4-5-13(20-3)7-14(12)22-23)17(21-11(2)25)19(28-10)18(27)16(26)9-24/h4-8,15-19,24,26-27H,9H2,1-2H3,(H,21,25)/t15-,16+,17+,18+,19+/m0/s1. The molecule has 148 valence electrons. The number of ether oxygens (including phenoxy) is 1. The van der Waals surface area contributed by atoms with Gasteiger partial charge >= 0.3 is 0 Å². The van der Waals surface area contributed by atoms with Gasteiger partial charge in [0.25, 0.3) is 0 Å². The molecule has 2 aromatic rings. The number of carbonyl (C=O) groups excluding carboxylic acids is 1. The van der Waals surface area contributed by atoms with Gasteiger partial charge in [-0.2, -0.15) is 5.10 Å². The van der Waals surface area contributed by atoms with Gasteiger partial charge in [-0.1, -0.05) is 12.1 Å². The smallest absolute Gasteiger partial charge is 0.217 e. The Morgan fingerprint density at radius 1 is 1.46 bits per heavy atom. The van der Waals surface area contributed by atoms with Crippen molar-refractivity contribution in [2.24, 2.45) is 0 Å². The molecular weight excluding hydrogens is 364 g/mol. The van der Waals surface area contributed by atoms with Crippen LogP contribution in [0.25, 0.3) is 15.7 Å². The fourth-order valence-electron chi connectivity index (χ4n) is 3.36. The predicted molar refractivity (Wildman–Crippen MR) is 100 cm³/mol. The number of carbonyl (C=O) groups is 1. The van der Waals surface area contributed by atoms with E-state index in [2.05, 4.69) is 15.3 Å². The second kappa shape index (κ2) is 7.98. The van der Waals surface area contributed by atoms with Crippen molar-refractivity contribution in [2.75, 3.05) is 6.61 Å². The molecule has 9 heteroatoms. The number of hydrogen-bond donors (Lipinski definition) is 4. The van der Waals surface area contributed by atoms with Crippen molar-refractivity contribution >= 4 is 22.5 Å². The number of rotatable bonds is 5. The van der Waals surface area contributed by atoms with Gasteiger partial charge in [0, 0.05) is 18.5 Å². The first kappa shape index (κ1) is 19.8. The maximum atomic E-state index is 11.8. The van der Waals surface area contributed by atoms with E-state index in [1.54, 1.807) is 42.1 Å². The van der Waals surface area contributed by atoms with Crippen molar-refractivity contribution in [3.63, 3.8) is 0 Å². The molecule has 3 rings (SSSR count). The third-order valence-electron chi connectivity index (χ3n) is 4.68. The molecule has 2 heterocycles. The quantitative estimate of drug-likeness (QED) is 0.560. The van der Waals surface area contributed by atoms with Gasteiger partial charge in [0.2, 0.25) is 5.91 Å². The molecule has 28 heavy (non-hydrogen) atoms. The molecule has 0 fully saturated rings. The molecule has 1 aromatic heterocycles. The van der Waals surface area contributed by atoms with E-state index >= 15 is 0 Å². The molecule has 4 N–H and O–H groups in total. The number of amides is 1. The van der Waals surface area contributed by atoms with Gasteiger partial charge < -0.3 is 25.4 Å². The Hall–Kier alpha value is -2.93. The second-order valence-corrected chi connectivity index (χ2v) is 6.78. The Morgan fingerprint density at radius 2 is 2.21 bits per heavy atom. The lowest BCUT2D eigenvalue weighted by atomic mass is 9.92. The number of nitrogens with one attached hydrogen (secondary N) is 1. The minimum absolute atomic E-state index is 0.339. The Labute approximate surface area is 161 Å². The highest BCUT2D eigenvalue weighted by Crippen LogP contribution is 2.31. The van der Waals surface area contributed by atoms with Crippen LogP contribution in [-0.4, -0.2) is 62.0 Å². The molecule has 0 aliphatic carbocycles. The second-order valence-electron chi connectivity index (χ2n) is 6.78. The summed E-state index contributed by atoms with van der Waals surface area (Å²) in [6.45, 7) is 9.53. The zero-order valence-electron chi connectivity index (χ0n) is 15.5. The van der Waals surface area contributed by atoms with E-state index < -0.39 is 37.0 Å². The minimum atomic E-state index is -1.43. The van der Waals surface area contributed by atoms with Crippen molar-refractivity contribution in [2.45, 2.75) is 44.2 Å². The zero-order valence-corrected chi connectivity index (χ0v) is 15.5. The normalized spacial score (nSPS) is 24.0. The van der Waals surface area contributed by atoms with E-state index in [0.29, 0.717) is 17.0 Å². The first-order chi connectivity index (χ1) is 13.3. The van der Waals surface area contributed by atoms with Crippen LogP contribution in [0.15, 0.2) is 36.2 Å². The van der Waals surface area contributed by atoms with Crippen LogP contribution >= 0.6 is 0 Å². The van der Waals surface area contributed by atoms with Crippen LogP contribution in [0.2, 0.25) is 0 Å². The number of nitrogens with zero attached hydrogens (tertiary/aromatic N) is 3. The first-order valence-electron chi connectivity index (χ1n) is 8.79. The van der Waals surface area contributed by atoms with E-state index in [-0.39, 0.29) is 5.91 Å². The molecule has 0 saturated heterocycles. The van der Waals surface area contributed by atoms with Crippen molar-refractivity contribution in [3.8, 4) is 0 Å². The number of aliphatic hydroxyl groups excluding tert-OH is 3. The van der Waals surface area contributed by atoms with Gasteiger partial charge in [0.05, 0.1) is 36.5 Å². The van der Waals surface area contributed by atoms with Crippen molar-refractivity contribution < 1.29 is 24.9 Å². The molecule has 5 atom stereocenters. The average Bonchev–Trinajstić information content (AvgIpc) is 3.10. The largest absolute Gasteiger partial charge is 0.490 e. The SMILES string of the molecule is [C-]#[N+]c1ccc2cn([C@H]3C=C(C)O[C@@H]([C@H](O)[C@H](O)CO)[C@@H]3NC(C)=O)nc2c1. The fourth-order valence-corrected chi connectivity index (χ4v) is 3.36. The number of hydrogen-bond acceptors (Lipinski definition) is 6. The van der Waals surface area contributed by atoms with Crippen LogP contribution in [-0.2, 0) is 9.53 Å². The number of aliphatic hydroxyl groups is 3. The topological polar surface area (TPSA) is 121 Å². The molecular formula is C19H22N4O5. The van der Waals surface area contributed by atoms with E-state index in [1.165, 1.54) is 6.92 Å². The van der Waals surface area contributed by atoms with Crippen molar-refractivity contribution in [3.05, 3.63) is 47.6 Å². The Bertz CT molecular complexity index is 947. The summed E-state index contributed by atoms with van der Waals surface area (Å²) in [6.07, 6.45) is -0.301. The van der Waals surface area contributed by atoms with E-state index in [4.69, 9.17) is 11.3 Å². The first-order valence-corrected chi connectivity index (χ1v) is 8.79. The van der Waals surface area contributed by atoms with Crippen LogP contribution in [0.3, 0.4) is 0 Å². The van der Waals surface area contributed by atoms with E-state index in [0.717, 1.165) is 5.39 Å². The maximum absolute atomic E-state index is 11.8. The van der Waals surface area contributed by atoms with Crippen LogP contribution in [0, 0.1) is 6.57 Å². The van der Waals surface area contributed by atoms with Gasteiger partial charge in [-0.25, -0.2) is 4.85 Å². The summed E-state index contributed by atoms with van der Waals surface area (Å²) in [5.74, 6) is 0.149. The molecule has 1 aromatic carbocycles. The molecule has 1 aliphatic heterocycles. The number of fused-ring (bicyclic) bond motifs is 1. The monoisotopic (exact) mass is 386 g/mol. The molecule has 0 radical (unpaired) electrons. The summed E-state index contributed by atoms with van der Waals surface area (Å²) < 4.78 is 7.33. The lowest BCUT2D eigenvalue weighted by Gasteiger charge is -2.40. The number of allylic oxidation sites excluding steroid dienone is 1. The van der Waals surface area contributed by atoms with Crippen molar-refractivity contribution in [1.82, 2.24) is 15.1 Å². The highest BCUT2D eigenvalue weighted by Gasteiger charge is 2.42. The van der Waals surface area contributed by atoms with Crippen LogP contribution in [0.5, 0.6) is 0 Å². The number of aromatic nitrogens is 2. The Balaban J connectivity index is 2.04. The van der Waals surface area contributed by atoms with Crippen LogP contribution in [0.1, 0.15) is 19.9 Å². The summed E-state index contributed by atoms with van der Waals surface area (Å²) in [5.41, 5.74) is 1.09. The van der Waals surface area contributed by atoms with Crippen LogP contribution in [0.4, 0.5) is 5.69 Å². The highest BCUT2D eigenvalue weighted by molar-refractivity contribution is 5.82. The Morgan fingerprint density at radius 3 is 2.86 bits per heavy atom. The summed E-state index contributed by atoms with van der Waals surface area (Å²) in [4.78, 5) is 15.2. The third kappa shape index (κ3) is 3.84. The van der Waals surface area contributed by atoms with Gasteiger partial charge in [-0.15, -0.1) is 0 Å². The molecule has 0 saturated carbocycles. The molecule has 0 unspecified atom stereocenters. The molecule has 0 bridgehead atoms. The van der Waals surface area contributed by atoms with Crippen molar-refractivity contribution in [1.29, 1.82) is 0 Å². The highest BCUT2D eigenvalue weighted by atomic mass is 16.5. The molecule has 1 aliphatic rings. The summed E-state index contributed by atoms with van der Waals surface area (Å²) in [7, 11) is 0. The fraction of sp³-hybridized carbons (Fsp3) is 0.421. The van der Waals surface area contributed by atoms with Gasteiger partial charge in [-0.05, 0) is 19.1 Å². The maximum Gasteiger partial charge on any atom is 0.217 e. The Kier molecular flexibility index (Phi) is 5.65. The van der Waals surface area contributed by atoms with E-state index in [9.17, 15) is 20.1 Å². The van der Waals surface area contributed by atoms with E-state index in [1.807, 2.05) is 0 Å². The predicted octanol–water partition coefficient (Wildman–Crippen LogP) is 0.650. The molecule has 9 nitrogen and oxygen atoms in total. The van der Waals surface area contributed by atoms with Gasteiger partial charge in [0.15, 0.2) is 5.69 Å². The third-order valence-corrected chi connectivity index (χ3v) is 4.68. The number of benzene rings is 1. The minimum Gasteiger partial charge on any atom is -0.490 e. The molecule has 1 amide bonds. The van der Waals surface area contributed by atoms with Gasteiger partial charge in [-0.3, -0.25) is 9.48 Å². The average molecular weight is 386 g/mol. The van der Waals surface area contributed by atoms with Crippen LogP contribution < -0.4 is 5.32 Å². The lowest BCUT2D eigenvalue weighted by Crippen LogP contribution is -2.57. The van der Waals surface area contributed by atoms with Gasteiger partial charge in [0.1, 0.15) is 18.3 Å². The molecule has 0 spiro atoms.